The first-order valence-corrected chi connectivity index (χ1v) is 7.82. The van der Waals surface area contributed by atoms with Gasteiger partial charge in [-0.05, 0) is 43.0 Å². The Hall–Kier alpha value is -0.540. The molecule has 0 saturated heterocycles. The van der Waals surface area contributed by atoms with Gasteiger partial charge in [0, 0.05) is 10.5 Å². The molecule has 19 heavy (non-hydrogen) atoms. The van der Waals surface area contributed by atoms with Crippen LogP contribution in [-0.4, -0.2) is 13.2 Å². The minimum Gasteiger partial charge on any atom is -0.494 e. The van der Waals surface area contributed by atoms with E-state index in [1.165, 1.54) is 5.56 Å². The van der Waals surface area contributed by atoms with Gasteiger partial charge in [0.15, 0.2) is 0 Å². The summed E-state index contributed by atoms with van der Waals surface area (Å²) in [6.45, 7) is 12.7. The van der Waals surface area contributed by atoms with Crippen molar-refractivity contribution in [2.45, 2.75) is 47.1 Å². The molecule has 2 nitrogen and oxygen atoms in total. The van der Waals surface area contributed by atoms with Crippen LogP contribution in [0.4, 0.5) is 0 Å². The van der Waals surface area contributed by atoms with Gasteiger partial charge < -0.3 is 10.1 Å². The largest absolute Gasteiger partial charge is 0.494 e. The van der Waals surface area contributed by atoms with Crippen LogP contribution in [0.3, 0.4) is 0 Å². The van der Waals surface area contributed by atoms with Crippen molar-refractivity contribution in [3.63, 3.8) is 0 Å². The number of hydrogen-bond acceptors (Lipinski definition) is 2. The predicted molar refractivity (Wildman–Crippen MR) is 85.8 cm³/mol. The summed E-state index contributed by atoms with van der Waals surface area (Å²) in [5.74, 6) is 0.920. The third-order valence-electron chi connectivity index (χ3n) is 2.93. The Kier molecular flexibility index (Phi) is 6.34. The zero-order valence-electron chi connectivity index (χ0n) is 12.7. The quantitative estimate of drug-likeness (QED) is 0.799. The second-order valence-electron chi connectivity index (χ2n) is 5.99. The molecule has 0 saturated carbocycles. The monoisotopic (exact) mass is 327 g/mol. The fourth-order valence-electron chi connectivity index (χ4n) is 2.20. The van der Waals surface area contributed by atoms with Gasteiger partial charge in [-0.3, -0.25) is 0 Å². The summed E-state index contributed by atoms with van der Waals surface area (Å²) in [7, 11) is 0. The van der Waals surface area contributed by atoms with Gasteiger partial charge in [-0.25, -0.2) is 0 Å². The average Bonchev–Trinajstić information content (AvgIpc) is 2.27. The molecule has 0 heterocycles. The Balaban J connectivity index is 2.95. The van der Waals surface area contributed by atoms with Gasteiger partial charge in [0.2, 0.25) is 0 Å². The van der Waals surface area contributed by atoms with Gasteiger partial charge >= 0.3 is 0 Å². The van der Waals surface area contributed by atoms with E-state index in [1.807, 2.05) is 6.92 Å². The molecule has 3 heteroatoms. The number of ether oxygens (including phenoxy) is 1. The lowest BCUT2D eigenvalue weighted by atomic mass is 9.85. The molecular weight excluding hydrogens is 302 g/mol. The number of halogens is 1. The van der Waals surface area contributed by atoms with E-state index >= 15 is 0 Å². The van der Waals surface area contributed by atoms with Crippen molar-refractivity contribution >= 4 is 15.9 Å². The zero-order valence-corrected chi connectivity index (χ0v) is 14.3. The summed E-state index contributed by atoms with van der Waals surface area (Å²) in [5.41, 5.74) is 1.60. The molecular formula is C16H26BrNO. The van der Waals surface area contributed by atoms with Gasteiger partial charge in [0.1, 0.15) is 5.75 Å². The summed E-state index contributed by atoms with van der Waals surface area (Å²) in [4.78, 5) is 0. The van der Waals surface area contributed by atoms with Crippen molar-refractivity contribution in [2.75, 3.05) is 13.2 Å². The molecule has 0 amide bonds. The highest BCUT2D eigenvalue weighted by atomic mass is 79.9. The third kappa shape index (κ3) is 5.53. The number of hydrogen-bond donors (Lipinski definition) is 1. The van der Waals surface area contributed by atoms with Crippen LogP contribution in [0.25, 0.3) is 0 Å². The first kappa shape index (κ1) is 16.5. The minimum absolute atomic E-state index is 0.296. The van der Waals surface area contributed by atoms with E-state index in [2.05, 4.69) is 67.1 Å². The van der Waals surface area contributed by atoms with Crippen LogP contribution in [0.1, 0.15) is 52.6 Å². The lowest BCUT2D eigenvalue weighted by Gasteiger charge is -2.28. The number of benzene rings is 1. The van der Waals surface area contributed by atoms with E-state index in [0.29, 0.717) is 18.1 Å². The molecule has 0 aliphatic carbocycles. The molecule has 0 bridgehead atoms. The molecule has 1 aromatic rings. The Labute approximate surface area is 126 Å². The molecule has 0 aromatic heterocycles. The maximum absolute atomic E-state index is 5.53. The Morgan fingerprint density at radius 1 is 1.26 bits per heavy atom. The molecule has 1 rings (SSSR count). The number of nitrogens with one attached hydrogen (secondary N) is 1. The molecule has 0 aliphatic rings. The van der Waals surface area contributed by atoms with Crippen molar-refractivity contribution in [3.8, 4) is 5.75 Å². The van der Waals surface area contributed by atoms with Crippen LogP contribution in [0.2, 0.25) is 0 Å². The molecule has 1 aromatic carbocycles. The van der Waals surface area contributed by atoms with Crippen molar-refractivity contribution in [2.24, 2.45) is 5.41 Å². The number of rotatable bonds is 6. The smallest absolute Gasteiger partial charge is 0.120 e. The third-order valence-corrected chi connectivity index (χ3v) is 3.61. The van der Waals surface area contributed by atoms with Gasteiger partial charge in [-0.2, -0.15) is 0 Å². The highest BCUT2D eigenvalue weighted by Crippen LogP contribution is 2.34. The fraction of sp³-hybridized carbons (Fsp3) is 0.625. The van der Waals surface area contributed by atoms with Crippen molar-refractivity contribution in [1.82, 2.24) is 5.32 Å². The van der Waals surface area contributed by atoms with E-state index in [1.54, 1.807) is 0 Å². The van der Waals surface area contributed by atoms with Gasteiger partial charge in [0.05, 0.1) is 6.61 Å². The first-order valence-electron chi connectivity index (χ1n) is 7.03. The van der Waals surface area contributed by atoms with Crippen LogP contribution < -0.4 is 10.1 Å². The normalized spacial score (nSPS) is 13.4. The van der Waals surface area contributed by atoms with Crippen molar-refractivity contribution in [3.05, 3.63) is 28.2 Å². The van der Waals surface area contributed by atoms with E-state index in [0.717, 1.165) is 23.2 Å². The molecule has 108 valence electrons. The standard InChI is InChI=1S/C16H26BrNO/c1-6-18-15(11-16(3,4)5)13-9-8-12(19-7-2)10-14(13)17/h8-10,15,18H,6-7,11H2,1-5H3. The Bertz CT molecular complexity index is 398. The summed E-state index contributed by atoms with van der Waals surface area (Å²) in [6, 6.07) is 6.64. The molecule has 1 atom stereocenters. The summed E-state index contributed by atoms with van der Waals surface area (Å²) in [6.07, 6.45) is 1.10. The van der Waals surface area contributed by atoms with Crippen LogP contribution in [0, 0.1) is 5.41 Å². The Morgan fingerprint density at radius 3 is 2.42 bits per heavy atom. The zero-order chi connectivity index (χ0) is 14.5. The van der Waals surface area contributed by atoms with Crippen molar-refractivity contribution < 1.29 is 4.74 Å². The van der Waals surface area contributed by atoms with Gasteiger partial charge in [-0.1, -0.05) is 49.7 Å². The second-order valence-corrected chi connectivity index (χ2v) is 6.85. The van der Waals surface area contributed by atoms with Crippen LogP contribution >= 0.6 is 15.9 Å². The maximum atomic E-state index is 5.53. The molecule has 1 N–H and O–H groups in total. The average molecular weight is 328 g/mol. The van der Waals surface area contributed by atoms with E-state index in [-0.39, 0.29) is 0 Å². The highest BCUT2D eigenvalue weighted by Gasteiger charge is 2.21. The van der Waals surface area contributed by atoms with E-state index in [9.17, 15) is 0 Å². The topological polar surface area (TPSA) is 21.3 Å². The fourth-order valence-corrected chi connectivity index (χ4v) is 2.83. The van der Waals surface area contributed by atoms with Crippen LogP contribution in [0.5, 0.6) is 5.75 Å². The SMILES string of the molecule is CCNC(CC(C)(C)C)c1ccc(OCC)cc1Br. The second kappa shape index (κ2) is 7.30. The maximum Gasteiger partial charge on any atom is 0.120 e. The summed E-state index contributed by atoms with van der Waals surface area (Å²) < 4.78 is 6.65. The van der Waals surface area contributed by atoms with Crippen LogP contribution in [-0.2, 0) is 0 Å². The van der Waals surface area contributed by atoms with Crippen molar-refractivity contribution in [1.29, 1.82) is 0 Å². The Morgan fingerprint density at radius 2 is 1.95 bits per heavy atom. The minimum atomic E-state index is 0.296. The molecule has 0 radical (unpaired) electrons. The lowest BCUT2D eigenvalue weighted by molar-refractivity contribution is 0.313. The first-order chi connectivity index (χ1) is 8.87. The van der Waals surface area contributed by atoms with E-state index in [4.69, 9.17) is 4.74 Å². The molecule has 0 fully saturated rings. The predicted octanol–water partition coefficient (Wildman–Crippen LogP) is 4.93. The molecule has 0 aliphatic heterocycles. The summed E-state index contributed by atoms with van der Waals surface area (Å²) in [5, 5.41) is 3.58. The highest BCUT2D eigenvalue weighted by molar-refractivity contribution is 9.10. The molecule has 1 unspecified atom stereocenters. The summed E-state index contributed by atoms with van der Waals surface area (Å²) >= 11 is 3.68. The van der Waals surface area contributed by atoms with Crippen LogP contribution in [0.15, 0.2) is 22.7 Å². The van der Waals surface area contributed by atoms with Gasteiger partial charge in [0.25, 0.3) is 0 Å². The van der Waals surface area contributed by atoms with Gasteiger partial charge in [-0.15, -0.1) is 0 Å². The molecule has 0 spiro atoms. The van der Waals surface area contributed by atoms with E-state index < -0.39 is 0 Å². The lowest BCUT2D eigenvalue weighted by Crippen LogP contribution is -2.25.